The van der Waals surface area contributed by atoms with Gasteiger partial charge in [-0.05, 0) is 38.5 Å². The maximum atomic E-state index is 5.50. The van der Waals surface area contributed by atoms with E-state index in [1.165, 1.54) is 51.6 Å². The predicted molar refractivity (Wildman–Crippen MR) is 67.0 cm³/mol. The van der Waals surface area contributed by atoms with Gasteiger partial charge in [-0.15, -0.1) is 0 Å². The Balaban J connectivity index is 1.36. The van der Waals surface area contributed by atoms with Gasteiger partial charge in [-0.3, -0.25) is 4.90 Å². The first-order valence-electron chi connectivity index (χ1n) is 7.41. The highest BCUT2D eigenvalue weighted by Crippen LogP contribution is 2.43. The molecule has 4 aliphatic heterocycles. The SMILES string of the molecule is C1CC2(CCO1)CN(C1CC3CCC(C1)N3)C2. The molecule has 0 aromatic heterocycles. The van der Waals surface area contributed by atoms with Crippen LogP contribution in [0.25, 0.3) is 0 Å². The van der Waals surface area contributed by atoms with E-state index in [2.05, 4.69) is 10.2 Å². The van der Waals surface area contributed by atoms with E-state index in [0.717, 1.165) is 31.3 Å². The highest BCUT2D eigenvalue weighted by atomic mass is 16.5. The summed E-state index contributed by atoms with van der Waals surface area (Å²) in [5.74, 6) is 0. The average Bonchev–Trinajstić information content (AvgIpc) is 2.66. The van der Waals surface area contributed by atoms with E-state index in [4.69, 9.17) is 4.74 Å². The van der Waals surface area contributed by atoms with Crippen molar-refractivity contribution in [3.05, 3.63) is 0 Å². The van der Waals surface area contributed by atoms with Crippen molar-refractivity contribution in [1.29, 1.82) is 0 Å². The van der Waals surface area contributed by atoms with Gasteiger partial charge in [0.2, 0.25) is 0 Å². The number of fused-ring (bicyclic) bond motifs is 2. The van der Waals surface area contributed by atoms with Gasteiger partial charge in [0.05, 0.1) is 0 Å². The van der Waals surface area contributed by atoms with Gasteiger partial charge >= 0.3 is 0 Å². The summed E-state index contributed by atoms with van der Waals surface area (Å²) in [6.07, 6.45) is 8.27. The van der Waals surface area contributed by atoms with Crippen LogP contribution in [0.1, 0.15) is 38.5 Å². The van der Waals surface area contributed by atoms with Crippen molar-refractivity contribution in [3.63, 3.8) is 0 Å². The molecule has 0 amide bonds. The van der Waals surface area contributed by atoms with Gasteiger partial charge in [0.25, 0.3) is 0 Å². The molecule has 3 nitrogen and oxygen atoms in total. The molecule has 17 heavy (non-hydrogen) atoms. The number of likely N-dealkylation sites (tertiary alicyclic amines) is 1. The molecule has 0 saturated carbocycles. The zero-order valence-corrected chi connectivity index (χ0v) is 10.7. The van der Waals surface area contributed by atoms with Crippen molar-refractivity contribution < 1.29 is 4.74 Å². The average molecular weight is 236 g/mol. The van der Waals surface area contributed by atoms with E-state index >= 15 is 0 Å². The van der Waals surface area contributed by atoms with Gasteiger partial charge in [-0.2, -0.15) is 0 Å². The molecule has 4 fully saturated rings. The minimum atomic E-state index is 0.655. The number of hydrogen-bond donors (Lipinski definition) is 1. The second kappa shape index (κ2) is 3.94. The molecule has 96 valence electrons. The van der Waals surface area contributed by atoms with E-state index in [9.17, 15) is 0 Å². The molecule has 2 unspecified atom stereocenters. The number of piperidine rings is 1. The molecule has 4 rings (SSSR count). The van der Waals surface area contributed by atoms with E-state index in [1.54, 1.807) is 0 Å². The topological polar surface area (TPSA) is 24.5 Å². The van der Waals surface area contributed by atoms with Crippen LogP contribution in [0.3, 0.4) is 0 Å². The smallest absolute Gasteiger partial charge is 0.0472 e. The lowest BCUT2D eigenvalue weighted by atomic mass is 9.72. The zero-order valence-electron chi connectivity index (χ0n) is 10.7. The Hall–Kier alpha value is -0.120. The Morgan fingerprint density at radius 2 is 1.65 bits per heavy atom. The maximum Gasteiger partial charge on any atom is 0.0472 e. The van der Waals surface area contributed by atoms with Crippen molar-refractivity contribution in [3.8, 4) is 0 Å². The Kier molecular flexibility index (Phi) is 2.50. The molecular formula is C14H24N2O. The first kappa shape index (κ1) is 10.8. The van der Waals surface area contributed by atoms with Gasteiger partial charge < -0.3 is 10.1 Å². The minimum absolute atomic E-state index is 0.655. The molecule has 0 aromatic rings. The third-order valence-electron chi connectivity index (χ3n) is 5.60. The highest BCUT2D eigenvalue weighted by Gasteiger charge is 2.48. The number of rotatable bonds is 1. The molecule has 4 saturated heterocycles. The van der Waals surface area contributed by atoms with E-state index in [0.29, 0.717) is 5.41 Å². The molecule has 2 atom stereocenters. The van der Waals surface area contributed by atoms with E-state index < -0.39 is 0 Å². The molecular weight excluding hydrogens is 212 g/mol. The van der Waals surface area contributed by atoms with Gasteiger partial charge in [0.1, 0.15) is 0 Å². The number of nitrogens with zero attached hydrogens (tertiary/aromatic N) is 1. The van der Waals surface area contributed by atoms with Gasteiger partial charge in [-0.1, -0.05) is 0 Å². The zero-order chi connectivity index (χ0) is 11.3. The number of hydrogen-bond acceptors (Lipinski definition) is 3. The Morgan fingerprint density at radius 3 is 2.29 bits per heavy atom. The van der Waals surface area contributed by atoms with Crippen LogP contribution in [-0.4, -0.2) is 49.3 Å². The van der Waals surface area contributed by atoms with E-state index in [1.807, 2.05) is 0 Å². The van der Waals surface area contributed by atoms with Crippen molar-refractivity contribution in [2.75, 3.05) is 26.3 Å². The summed E-state index contributed by atoms with van der Waals surface area (Å²) in [7, 11) is 0. The summed E-state index contributed by atoms with van der Waals surface area (Å²) in [6, 6.07) is 2.57. The molecule has 4 aliphatic rings. The van der Waals surface area contributed by atoms with Crippen LogP contribution in [0, 0.1) is 5.41 Å². The summed E-state index contributed by atoms with van der Waals surface area (Å²) >= 11 is 0. The Morgan fingerprint density at radius 1 is 1.00 bits per heavy atom. The van der Waals surface area contributed by atoms with Crippen LogP contribution in [0.15, 0.2) is 0 Å². The van der Waals surface area contributed by atoms with Crippen molar-refractivity contribution >= 4 is 0 Å². The van der Waals surface area contributed by atoms with E-state index in [-0.39, 0.29) is 0 Å². The molecule has 4 heterocycles. The molecule has 0 aromatic carbocycles. The molecule has 2 bridgehead atoms. The fourth-order valence-electron chi connectivity index (χ4n) is 4.52. The van der Waals surface area contributed by atoms with Gasteiger partial charge in [0, 0.05) is 49.8 Å². The fourth-order valence-corrected chi connectivity index (χ4v) is 4.52. The predicted octanol–water partition coefficient (Wildman–Crippen LogP) is 1.38. The summed E-state index contributed by atoms with van der Waals surface area (Å²) in [5, 5.41) is 3.75. The normalized spacial score (nSPS) is 44.8. The van der Waals surface area contributed by atoms with Crippen LogP contribution in [-0.2, 0) is 4.74 Å². The lowest BCUT2D eigenvalue weighted by molar-refractivity contribution is -0.103. The summed E-state index contributed by atoms with van der Waals surface area (Å²) in [4.78, 5) is 2.78. The minimum Gasteiger partial charge on any atom is -0.381 e. The van der Waals surface area contributed by atoms with Crippen LogP contribution >= 0.6 is 0 Å². The number of nitrogens with one attached hydrogen (secondary N) is 1. The highest BCUT2D eigenvalue weighted by molar-refractivity contribution is 5.03. The van der Waals surface area contributed by atoms with Crippen molar-refractivity contribution in [1.82, 2.24) is 10.2 Å². The molecule has 0 aliphatic carbocycles. The Bertz CT molecular complexity index is 281. The standard InChI is InChI=1S/C14H24N2O/c1-2-12-8-13(7-11(1)15-12)16-9-14(10-16)3-5-17-6-4-14/h11-13,15H,1-10H2. The van der Waals surface area contributed by atoms with Crippen LogP contribution < -0.4 is 5.32 Å². The fraction of sp³-hybridized carbons (Fsp3) is 1.00. The molecule has 1 N–H and O–H groups in total. The van der Waals surface area contributed by atoms with Crippen molar-refractivity contribution in [2.45, 2.75) is 56.7 Å². The molecule has 0 radical (unpaired) electrons. The molecule has 3 heteroatoms. The summed E-state index contributed by atoms with van der Waals surface area (Å²) < 4.78 is 5.50. The van der Waals surface area contributed by atoms with Crippen LogP contribution in [0.4, 0.5) is 0 Å². The van der Waals surface area contributed by atoms with Crippen LogP contribution in [0.2, 0.25) is 0 Å². The molecule has 1 spiro atoms. The van der Waals surface area contributed by atoms with Crippen molar-refractivity contribution in [2.24, 2.45) is 5.41 Å². The lowest BCUT2D eigenvalue weighted by Crippen LogP contribution is -2.63. The van der Waals surface area contributed by atoms with Gasteiger partial charge in [-0.25, -0.2) is 0 Å². The quantitative estimate of drug-likeness (QED) is 0.744. The summed E-state index contributed by atoms with van der Waals surface area (Å²) in [6.45, 7) is 4.73. The Labute approximate surface area is 104 Å². The first-order chi connectivity index (χ1) is 8.33. The second-order valence-electron chi connectivity index (χ2n) is 6.78. The maximum absolute atomic E-state index is 5.50. The first-order valence-corrected chi connectivity index (χ1v) is 7.41. The summed E-state index contributed by atoms with van der Waals surface area (Å²) in [5.41, 5.74) is 0.655. The van der Waals surface area contributed by atoms with Crippen LogP contribution in [0.5, 0.6) is 0 Å². The monoisotopic (exact) mass is 236 g/mol. The van der Waals surface area contributed by atoms with Gasteiger partial charge in [0.15, 0.2) is 0 Å². The third-order valence-corrected chi connectivity index (χ3v) is 5.60. The second-order valence-corrected chi connectivity index (χ2v) is 6.78. The lowest BCUT2D eigenvalue weighted by Gasteiger charge is -2.56. The third kappa shape index (κ3) is 1.83. The number of ether oxygens (including phenoxy) is 1. The largest absolute Gasteiger partial charge is 0.381 e.